The van der Waals surface area contributed by atoms with Crippen molar-refractivity contribution in [2.45, 2.75) is 52.5 Å². The van der Waals surface area contributed by atoms with E-state index in [0.717, 1.165) is 23.3 Å². The number of hydrogen-bond donors (Lipinski definition) is 1. The summed E-state index contributed by atoms with van der Waals surface area (Å²) in [6.45, 7) is 6.33. The lowest BCUT2D eigenvalue weighted by molar-refractivity contribution is -0.124. The molecule has 2 rings (SSSR count). The van der Waals surface area contributed by atoms with E-state index in [2.05, 4.69) is 12.2 Å². The Morgan fingerprint density at radius 1 is 1.25 bits per heavy atom. The smallest absolute Gasteiger partial charge is 0.258 e. The maximum absolute atomic E-state index is 12.0. The summed E-state index contributed by atoms with van der Waals surface area (Å²) in [6.07, 6.45) is 4.80. The molecular formula is C17H25NO2. The summed E-state index contributed by atoms with van der Waals surface area (Å²) in [5, 5.41) is 3.11. The first kappa shape index (κ1) is 14.9. The minimum atomic E-state index is -0.00796. The van der Waals surface area contributed by atoms with Gasteiger partial charge in [0.15, 0.2) is 6.61 Å². The molecule has 110 valence electrons. The van der Waals surface area contributed by atoms with Crippen molar-refractivity contribution < 1.29 is 9.53 Å². The van der Waals surface area contributed by atoms with Gasteiger partial charge in [-0.1, -0.05) is 38.0 Å². The number of nitrogens with one attached hydrogen (secondary N) is 1. The maximum Gasteiger partial charge on any atom is 0.258 e. The van der Waals surface area contributed by atoms with E-state index < -0.39 is 0 Å². The van der Waals surface area contributed by atoms with Gasteiger partial charge in [0.2, 0.25) is 0 Å². The summed E-state index contributed by atoms with van der Waals surface area (Å²) in [4.78, 5) is 12.0. The highest BCUT2D eigenvalue weighted by Gasteiger charge is 2.22. The third-order valence-electron chi connectivity index (χ3n) is 4.21. The molecule has 1 fully saturated rings. The van der Waals surface area contributed by atoms with E-state index in [1.165, 1.54) is 19.3 Å². The largest absolute Gasteiger partial charge is 0.483 e. The number of ether oxygens (including phenoxy) is 1. The van der Waals surface area contributed by atoms with Crippen LogP contribution in [0.3, 0.4) is 0 Å². The van der Waals surface area contributed by atoms with Crippen molar-refractivity contribution in [3.05, 3.63) is 29.3 Å². The Morgan fingerprint density at radius 3 is 2.55 bits per heavy atom. The molecule has 1 aromatic rings. The van der Waals surface area contributed by atoms with Crippen LogP contribution in [0.5, 0.6) is 5.75 Å². The number of benzene rings is 1. The molecule has 0 heterocycles. The van der Waals surface area contributed by atoms with E-state index >= 15 is 0 Å². The lowest BCUT2D eigenvalue weighted by atomic mass is 9.86. The Hall–Kier alpha value is -1.51. The van der Waals surface area contributed by atoms with Crippen molar-refractivity contribution in [3.63, 3.8) is 0 Å². The summed E-state index contributed by atoms with van der Waals surface area (Å²) in [6, 6.07) is 6.33. The van der Waals surface area contributed by atoms with Gasteiger partial charge in [-0.3, -0.25) is 4.79 Å². The van der Waals surface area contributed by atoms with E-state index in [0.29, 0.717) is 12.0 Å². The van der Waals surface area contributed by atoms with Crippen LogP contribution in [0.2, 0.25) is 0 Å². The van der Waals surface area contributed by atoms with E-state index in [9.17, 15) is 4.79 Å². The Labute approximate surface area is 121 Å². The van der Waals surface area contributed by atoms with E-state index in [1.807, 2.05) is 32.0 Å². The Balaban J connectivity index is 1.86. The summed E-state index contributed by atoms with van der Waals surface area (Å²) < 4.78 is 5.69. The predicted octanol–water partition coefficient (Wildman–Crippen LogP) is 3.38. The fourth-order valence-electron chi connectivity index (χ4n) is 2.94. The van der Waals surface area contributed by atoms with Crippen LogP contribution in [0.4, 0.5) is 0 Å². The Morgan fingerprint density at radius 2 is 1.90 bits per heavy atom. The van der Waals surface area contributed by atoms with Crippen LogP contribution in [0.1, 0.15) is 43.7 Å². The molecule has 3 heteroatoms. The SMILES string of the molecule is Cc1cccc(C)c1OCC(=O)NC1CCCCC1C. The van der Waals surface area contributed by atoms with Crippen LogP contribution in [0, 0.1) is 19.8 Å². The lowest BCUT2D eigenvalue weighted by Crippen LogP contribution is -2.43. The molecular weight excluding hydrogens is 250 g/mol. The quantitative estimate of drug-likeness (QED) is 0.915. The molecule has 0 spiro atoms. The molecule has 1 aromatic carbocycles. The van der Waals surface area contributed by atoms with Crippen molar-refractivity contribution >= 4 is 5.91 Å². The molecule has 0 radical (unpaired) electrons. The standard InChI is InChI=1S/C17H25NO2/c1-12-7-4-5-10-15(12)18-16(19)11-20-17-13(2)8-6-9-14(17)3/h6,8-9,12,15H,4-5,7,10-11H2,1-3H3,(H,18,19). The molecule has 1 amide bonds. The highest BCUT2D eigenvalue weighted by atomic mass is 16.5. The molecule has 1 N–H and O–H groups in total. The van der Waals surface area contributed by atoms with Crippen LogP contribution in [-0.2, 0) is 4.79 Å². The monoisotopic (exact) mass is 275 g/mol. The van der Waals surface area contributed by atoms with E-state index in [1.54, 1.807) is 0 Å². The minimum Gasteiger partial charge on any atom is -0.483 e. The molecule has 1 saturated carbocycles. The van der Waals surface area contributed by atoms with Crippen LogP contribution in [0.15, 0.2) is 18.2 Å². The van der Waals surface area contributed by atoms with Gasteiger partial charge >= 0.3 is 0 Å². The van der Waals surface area contributed by atoms with Gasteiger partial charge in [-0.15, -0.1) is 0 Å². The molecule has 0 saturated heterocycles. The van der Waals surface area contributed by atoms with Crippen LogP contribution < -0.4 is 10.1 Å². The number of aryl methyl sites for hydroxylation is 2. The average Bonchev–Trinajstić information content (AvgIpc) is 2.41. The van der Waals surface area contributed by atoms with Crippen molar-refractivity contribution in [3.8, 4) is 5.75 Å². The maximum atomic E-state index is 12.0. The summed E-state index contributed by atoms with van der Waals surface area (Å²) >= 11 is 0. The van der Waals surface area contributed by atoms with Gasteiger partial charge in [0.1, 0.15) is 5.75 Å². The Bertz CT molecular complexity index is 450. The van der Waals surface area contributed by atoms with Gasteiger partial charge in [-0.2, -0.15) is 0 Å². The third-order valence-corrected chi connectivity index (χ3v) is 4.21. The van der Waals surface area contributed by atoms with Crippen LogP contribution in [0.25, 0.3) is 0 Å². The van der Waals surface area contributed by atoms with Crippen molar-refractivity contribution in [2.24, 2.45) is 5.92 Å². The second kappa shape index (κ2) is 6.78. The van der Waals surface area contributed by atoms with Gasteiger partial charge in [0, 0.05) is 6.04 Å². The Kier molecular flexibility index (Phi) is 5.05. The number of hydrogen-bond acceptors (Lipinski definition) is 2. The summed E-state index contributed by atoms with van der Waals surface area (Å²) in [7, 11) is 0. The fourth-order valence-corrected chi connectivity index (χ4v) is 2.94. The summed E-state index contributed by atoms with van der Waals surface area (Å²) in [5.74, 6) is 1.40. The number of carbonyl (C=O) groups is 1. The van der Waals surface area contributed by atoms with E-state index in [-0.39, 0.29) is 12.5 Å². The first-order chi connectivity index (χ1) is 9.58. The number of para-hydroxylation sites is 1. The molecule has 20 heavy (non-hydrogen) atoms. The first-order valence-electron chi connectivity index (χ1n) is 7.56. The molecule has 1 aliphatic carbocycles. The second-order valence-corrected chi connectivity index (χ2v) is 5.95. The van der Waals surface area contributed by atoms with E-state index in [4.69, 9.17) is 4.74 Å². The van der Waals surface area contributed by atoms with Gasteiger partial charge in [-0.25, -0.2) is 0 Å². The fraction of sp³-hybridized carbons (Fsp3) is 0.588. The number of carbonyl (C=O) groups excluding carboxylic acids is 1. The van der Waals surface area contributed by atoms with Crippen molar-refractivity contribution in [2.75, 3.05) is 6.61 Å². The van der Waals surface area contributed by atoms with Gasteiger partial charge < -0.3 is 10.1 Å². The molecule has 0 aromatic heterocycles. The highest BCUT2D eigenvalue weighted by molar-refractivity contribution is 5.78. The van der Waals surface area contributed by atoms with Crippen LogP contribution >= 0.6 is 0 Å². The van der Waals surface area contributed by atoms with Crippen molar-refractivity contribution in [1.82, 2.24) is 5.32 Å². The zero-order valence-corrected chi connectivity index (χ0v) is 12.7. The normalized spacial score (nSPS) is 22.4. The van der Waals surface area contributed by atoms with Crippen LogP contribution in [-0.4, -0.2) is 18.6 Å². The van der Waals surface area contributed by atoms with Crippen molar-refractivity contribution in [1.29, 1.82) is 0 Å². The predicted molar refractivity (Wildman–Crippen MR) is 81.0 cm³/mol. The molecule has 2 unspecified atom stereocenters. The number of rotatable bonds is 4. The lowest BCUT2D eigenvalue weighted by Gasteiger charge is -2.29. The highest BCUT2D eigenvalue weighted by Crippen LogP contribution is 2.24. The molecule has 0 bridgehead atoms. The average molecular weight is 275 g/mol. The molecule has 2 atom stereocenters. The topological polar surface area (TPSA) is 38.3 Å². The van der Waals surface area contributed by atoms with Gasteiger partial charge in [-0.05, 0) is 43.7 Å². The second-order valence-electron chi connectivity index (χ2n) is 5.95. The number of amides is 1. The van der Waals surface area contributed by atoms with Gasteiger partial charge in [0.25, 0.3) is 5.91 Å². The molecule has 3 nitrogen and oxygen atoms in total. The third kappa shape index (κ3) is 3.75. The summed E-state index contributed by atoms with van der Waals surface area (Å²) in [5.41, 5.74) is 2.15. The van der Waals surface area contributed by atoms with Gasteiger partial charge in [0.05, 0.1) is 0 Å². The molecule has 1 aliphatic rings. The zero-order chi connectivity index (χ0) is 14.5. The minimum absolute atomic E-state index is 0.00796. The molecule has 0 aliphatic heterocycles. The first-order valence-corrected chi connectivity index (χ1v) is 7.56. The zero-order valence-electron chi connectivity index (χ0n) is 12.7.